The first kappa shape index (κ1) is 23.1. The molecular weight excluding hydrogens is 388 g/mol. The fourth-order valence-corrected chi connectivity index (χ4v) is 3.14. The topological polar surface area (TPSA) is 120 Å². The van der Waals surface area contributed by atoms with Crippen LogP contribution in [0.15, 0.2) is 27.8 Å². The predicted octanol–water partition coefficient (Wildman–Crippen LogP) is 2.24. The minimum atomic E-state index is -0.702. The number of benzene rings is 1. The number of anilines is 2. The molecule has 2 aromatic rings. The highest BCUT2D eigenvalue weighted by Gasteiger charge is 2.28. The highest BCUT2D eigenvalue weighted by Crippen LogP contribution is 2.28. The molecule has 0 unspecified atom stereocenters. The number of carbonyl (C=O) groups excluding carboxylic acids is 1. The van der Waals surface area contributed by atoms with Gasteiger partial charge < -0.3 is 20.1 Å². The van der Waals surface area contributed by atoms with Gasteiger partial charge in [-0.1, -0.05) is 27.2 Å². The molecule has 0 radical (unpaired) electrons. The van der Waals surface area contributed by atoms with E-state index in [9.17, 15) is 14.4 Å². The van der Waals surface area contributed by atoms with Gasteiger partial charge in [0.15, 0.2) is 5.69 Å². The van der Waals surface area contributed by atoms with Gasteiger partial charge in [0.2, 0.25) is 0 Å². The first-order valence-electron chi connectivity index (χ1n) is 9.91. The lowest BCUT2D eigenvalue weighted by atomic mass is 10.1. The molecule has 0 aliphatic rings. The summed E-state index contributed by atoms with van der Waals surface area (Å²) >= 11 is 0. The van der Waals surface area contributed by atoms with Gasteiger partial charge in [0, 0.05) is 19.2 Å². The molecule has 0 fully saturated rings. The minimum absolute atomic E-state index is 0.0290. The standard InChI is InChI=1S/C21H30N4O5/c1-6-7-10-24-18(22)17(19(26)23-21(24)28)25(12-13(2)3)20(27)15-9-8-14(29-4)11-16(15)30-5/h8-9,11,13H,6-7,10,12,22H2,1-5H3,(H,23,26,28). The van der Waals surface area contributed by atoms with Crippen LogP contribution >= 0.6 is 0 Å². The summed E-state index contributed by atoms with van der Waals surface area (Å²) in [5.74, 6) is 0.388. The van der Waals surface area contributed by atoms with E-state index in [0.717, 1.165) is 6.42 Å². The van der Waals surface area contributed by atoms with Gasteiger partial charge in [-0.2, -0.15) is 0 Å². The number of amides is 1. The van der Waals surface area contributed by atoms with Gasteiger partial charge in [-0.15, -0.1) is 0 Å². The fraction of sp³-hybridized carbons (Fsp3) is 0.476. The number of aromatic amines is 1. The Hall–Kier alpha value is -3.23. The van der Waals surface area contributed by atoms with Gasteiger partial charge in [0.25, 0.3) is 11.5 Å². The van der Waals surface area contributed by atoms with Crippen LogP contribution in [0, 0.1) is 5.92 Å². The van der Waals surface area contributed by atoms with E-state index in [4.69, 9.17) is 15.2 Å². The van der Waals surface area contributed by atoms with Crippen molar-refractivity contribution in [2.75, 3.05) is 31.4 Å². The molecule has 0 aliphatic carbocycles. The van der Waals surface area contributed by atoms with Crippen LogP contribution < -0.4 is 31.4 Å². The maximum Gasteiger partial charge on any atom is 0.330 e. The van der Waals surface area contributed by atoms with Crippen molar-refractivity contribution in [2.45, 2.75) is 40.2 Å². The number of nitrogens with one attached hydrogen (secondary N) is 1. The molecule has 1 amide bonds. The third kappa shape index (κ3) is 4.84. The van der Waals surface area contributed by atoms with E-state index in [1.54, 1.807) is 18.2 Å². The summed E-state index contributed by atoms with van der Waals surface area (Å²) in [4.78, 5) is 42.1. The molecule has 9 heteroatoms. The maximum absolute atomic E-state index is 13.5. The van der Waals surface area contributed by atoms with Gasteiger partial charge in [-0.05, 0) is 24.5 Å². The lowest BCUT2D eigenvalue weighted by Crippen LogP contribution is -2.42. The third-order valence-corrected chi connectivity index (χ3v) is 4.65. The molecule has 1 heterocycles. The molecule has 0 spiro atoms. The van der Waals surface area contributed by atoms with Crippen molar-refractivity contribution in [1.82, 2.24) is 9.55 Å². The van der Waals surface area contributed by atoms with Gasteiger partial charge in [0.1, 0.15) is 17.3 Å². The van der Waals surface area contributed by atoms with Gasteiger partial charge in [0.05, 0.1) is 19.8 Å². The lowest BCUT2D eigenvalue weighted by molar-refractivity contribution is 0.0980. The monoisotopic (exact) mass is 418 g/mol. The summed E-state index contributed by atoms with van der Waals surface area (Å²) in [5.41, 5.74) is 5.16. The molecule has 30 heavy (non-hydrogen) atoms. The highest BCUT2D eigenvalue weighted by molar-refractivity contribution is 6.09. The number of aromatic nitrogens is 2. The quantitative estimate of drug-likeness (QED) is 0.644. The zero-order chi connectivity index (χ0) is 22.4. The highest BCUT2D eigenvalue weighted by atomic mass is 16.5. The summed E-state index contributed by atoms with van der Waals surface area (Å²) in [6.45, 7) is 6.40. The van der Waals surface area contributed by atoms with Crippen LogP contribution in [0.4, 0.5) is 11.5 Å². The van der Waals surface area contributed by atoms with E-state index in [1.807, 2.05) is 20.8 Å². The number of nitrogens with zero attached hydrogens (tertiary/aromatic N) is 2. The second-order valence-corrected chi connectivity index (χ2v) is 7.37. The molecule has 9 nitrogen and oxygen atoms in total. The maximum atomic E-state index is 13.5. The Labute approximate surface area is 175 Å². The van der Waals surface area contributed by atoms with Crippen molar-refractivity contribution in [3.05, 3.63) is 44.6 Å². The van der Waals surface area contributed by atoms with Crippen LogP contribution in [0.3, 0.4) is 0 Å². The fourth-order valence-electron chi connectivity index (χ4n) is 3.14. The smallest absolute Gasteiger partial charge is 0.330 e. The summed E-state index contributed by atoms with van der Waals surface area (Å²) < 4.78 is 11.8. The van der Waals surface area contributed by atoms with Gasteiger partial charge in [-0.25, -0.2) is 4.79 Å². The Balaban J connectivity index is 2.66. The first-order valence-corrected chi connectivity index (χ1v) is 9.91. The van der Waals surface area contributed by atoms with Crippen molar-refractivity contribution in [2.24, 2.45) is 5.92 Å². The molecule has 164 valence electrons. The number of hydrogen-bond donors (Lipinski definition) is 2. The zero-order valence-electron chi connectivity index (χ0n) is 18.2. The number of unbranched alkanes of at least 4 members (excludes halogenated alkanes) is 1. The molecular formula is C21H30N4O5. The normalized spacial score (nSPS) is 10.9. The average Bonchev–Trinajstić information content (AvgIpc) is 2.71. The predicted molar refractivity (Wildman–Crippen MR) is 117 cm³/mol. The van der Waals surface area contributed by atoms with E-state index < -0.39 is 17.2 Å². The zero-order valence-corrected chi connectivity index (χ0v) is 18.2. The Morgan fingerprint density at radius 3 is 2.50 bits per heavy atom. The number of nitrogen functional groups attached to an aromatic ring is 1. The van der Waals surface area contributed by atoms with Crippen LogP contribution in [0.1, 0.15) is 44.0 Å². The molecule has 1 aromatic heterocycles. The van der Waals surface area contributed by atoms with E-state index in [1.165, 1.54) is 23.7 Å². The van der Waals surface area contributed by atoms with Crippen LogP contribution in [0.25, 0.3) is 0 Å². The van der Waals surface area contributed by atoms with Crippen LogP contribution in [-0.2, 0) is 6.54 Å². The molecule has 0 saturated heterocycles. The van der Waals surface area contributed by atoms with Crippen molar-refractivity contribution in [3.63, 3.8) is 0 Å². The number of rotatable bonds is 9. The molecule has 3 N–H and O–H groups in total. The van der Waals surface area contributed by atoms with Crippen LogP contribution in [-0.4, -0.2) is 36.2 Å². The Morgan fingerprint density at radius 1 is 1.23 bits per heavy atom. The number of carbonyl (C=O) groups is 1. The third-order valence-electron chi connectivity index (χ3n) is 4.65. The van der Waals surface area contributed by atoms with Crippen molar-refractivity contribution in [3.8, 4) is 11.5 Å². The molecule has 0 aliphatic heterocycles. The molecule has 0 saturated carbocycles. The minimum Gasteiger partial charge on any atom is -0.497 e. The number of ether oxygens (including phenoxy) is 2. The SMILES string of the molecule is CCCCn1c(N)c(N(CC(C)C)C(=O)c2ccc(OC)cc2OC)c(=O)[nH]c1=O. The van der Waals surface area contributed by atoms with Crippen molar-refractivity contribution >= 4 is 17.4 Å². The molecule has 1 aromatic carbocycles. The summed E-state index contributed by atoms with van der Waals surface area (Å²) in [6, 6.07) is 4.81. The number of H-pyrrole nitrogens is 1. The first-order chi connectivity index (χ1) is 14.2. The van der Waals surface area contributed by atoms with Crippen molar-refractivity contribution < 1.29 is 14.3 Å². The van der Waals surface area contributed by atoms with Crippen molar-refractivity contribution in [1.29, 1.82) is 0 Å². The summed E-state index contributed by atoms with van der Waals surface area (Å²) in [6.07, 6.45) is 1.55. The largest absolute Gasteiger partial charge is 0.497 e. The van der Waals surface area contributed by atoms with Crippen LogP contribution in [0.2, 0.25) is 0 Å². The van der Waals surface area contributed by atoms with E-state index >= 15 is 0 Å². The molecule has 2 rings (SSSR count). The Kier molecular flexibility index (Phi) is 7.68. The van der Waals surface area contributed by atoms with Gasteiger partial charge >= 0.3 is 5.69 Å². The number of nitrogens with two attached hydrogens (primary N) is 1. The second-order valence-electron chi connectivity index (χ2n) is 7.37. The van der Waals surface area contributed by atoms with E-state index in [0.29, 0.717) is 24.5 Å². The lowest BCUT2D eigenvalue weighted by Gasteiger charge is -2.26. The van der Waals surface area contributed by atoms with Gasteiger partial charge in [-0.3, -0.25) is 19.1 Å². The Morgan fingerprint density at radius 2 is 1.93 bits per heavy atom. The molecule has 0 bridgehead atoms. The van der Waals surface area contributed by atoms with E-state index in [2.05, 4.69) is 4.98 Å². The summed E-state index contributed by atoms with van der Waals surface area (Å²) in [7, 11) is 2.96. The number of hydrogen-bond acceptors (Lipinski definition) is 6. The summed E-state index contributed by atoms with van der Waals surface area (Å²) in [5, 5.41) is 0. The Bertz CT molecular complexity index is 1010. The average molecular weight is 418 g/mol. The number of methoxy groups -OCH3 is 2. The molecule has 0 atom stereocenters. The van der Waals surface area contributed by atoms with Crippen LogP contribution in [0.5, 0.6) is 11.5 Å². The van der Waals surface area contributed by atoms with E-state index in [-0.39, 0.29) is 29.5 Å². The second kappa shape index (κ2) is 10.00.